The van der Waals surface area contributed by atoms with Gasteiger partial charge >= 0.3 is 12.0 Å². The van der Waals surface area contributed by atoms with E-state index in [1.54, 1.807) is 17.6 Å². The molecule has 4 rings (SSSR count). The first-order valence-electron chi connectivity index (χ1n) is 12.3. The molecule has 1 aliphatic rings. The van der Waals surface area contributed by atoms with E-state index in [0.717, 1.165) is 23.4 Å². The van der Waals surface area contributed by atoms with E-state index in [1.807, 2.05) is 50.2 Å². The Morgan fingerprint density at radius 1 is 1.00 bits per heavy atom. The van der Waals surface area contributed by atoms with Crippen molar-refractivity contribution >= 4 is 23.6 Å². The Hall–Kier alpha value is -4.84. The van der Waals surface area contributed by atoms with Crippen LogP contribution < -0.4 is 26.1 Å². The van der Waals surface area contributed by atoms with Gasteiger partial charge in [-0.05, 0) is 35.4 Å². The molecule has 5 N–H and O–H groups in total. The number of carbonyl (C=O) groups excluding carboxylic acids is 3. The minimum Gasteiger partial charge on any atom is -0.490 e. The Kier molecular flexibility index (Phi) is 8.10. The zero-order chi connectivity index (χ0) is 29.0. The number of hydrogen-bond donors (Lipinski definition) is 4. The molecule has 1 saturated carbocycles. The molecule has 1 aliphatic carbocycles. The molecule has 0 bridgehead atoms. The van der Waals surface area contributed by atoms with Crippen molar-refractivity contribution in [2.75, 3.05) is 0 Å². The van der Waals surface area contributed by atoms with Gasteiger partial charge in [0.2, 0.25) is 0 Å². The van der Waals surface area contributed by atoms with Crippen LogP contribution >= 0.6 is 0 Å². The third-order valence-electron chi connectivity index (χ3n) is 6.68. The number of carboxylic acid groups (broad SMARTS) is 1. The fourth-order valence-electron chi connectivity index (χ4n) is 4.28. The number of Topliss-reactive ketones (excluding diaryl/α,β-unsaturated/α-hetero) is 2. The molecule has 40 heavy (non-hydrogen) atoms. The van der Waals surface area contributed by atoms with E-state index < -0.39 is 40.5 Å². The first kappa shape index (κ1) is 28.2. The number of nitrogens with two attached hydrogens (primary N) is 1. The number of carbonyl (C=O) groups is 4. The van der Waals surface area contributed by atoms with Gasteiger partial charge in [0.1, 0.15) is 23.4 Å². The van der Waals surface area contributed by atoms with Gasteiger partial charge in [0, 0.05) is 30.4 Å². The maximum Gasteiger partial charge on any atom is 0.404 e. The highest BCUT2D eigenvalue weighted by atomic mass is 19.1. The van der Waals surface area contributed by atoms with Gasteiger partial charge in [-0.25, -0.2) is 20.0 Å². The fraction of sp³-hybridized carbons (Fsp3) is 0.250. The number of rotatable bonds is 10. The highest BCUT2D eigenvalue weighted by Gasteiger charge is 2.32. The quantitative estimate of drug-likeness (QED) is 0.0739. The summed E-state index contributed by atoms with van der Waals surface area (Å²) in [6.45, 7) is 4.07. The summed E-state index contributed by atoms with van der Waals surface area (Å²) in [6, 6.07) is 15.3. The van der Waals surface area contributed by atoms with E-state index in [9.17, 15) is 23.6 Å². The molecule has 2 aromatic carbocycles. The summed E-state index contributed by atoms with van der Waals surface area (Å²) in [7, 11) is 0. The van der Waals surface area contributed by atoms with Crippen LogP contribution in [0.25, 0.3) is 0 Å². The standard InChI is InChI=1S/C28H27FN4O7/c1-28(2,15-3-7-19(8-4-15)39-21-12-18(13-21)32-27(37)38)16-5-9-20(10-6-16)40-22-11-17(29)14-31-23(22)24(34)25(35)26(36)33-30/h3-11,14,18,21,32H,12-13,30H2,1-2H3,(H,33,36)(H,37,38). The molecule has 1 heterocycles. The van der Waals surface area contributed by atoms with Gasteiger partial charge in [0.05, 0.1) is 6.20 Å². The SMILES string of the molecule is CC(C)(c1ccc(Oc2cc(F)cnc2C(=O)C(=O)C(=O)NN)cc1)c1ccc(OC2CC(NC(=O)O)C2)cc1. The van der Waals surface area contributed by atoms with Crippen molar-refractivity contribution in [1.82, 2.24) is 15.7 Å². The first-order chi connectivity index (χ1) is 19.0. The van der Waals surface area contributed by atoms with Crippen LogP contribution in [0.4, 0.5) is 9.18 Å². The van der Waals surface area contributed by atoms with E-state index in [2.05, 4.69) is 10.3 Å². The molecule has 0 atom stereocenters. The van der Waals surface area contributed by atoms with E-state index in [0.29, 0.717) is 18.6 Å². The normalized spacial score (nSPS) is 16.3. The number of nitrogens with one attached hydrogen (secondary N) is 2. The molecule has 12 heteroatoms. The third-order valence-corrected chi connectivity index (χ3v) is 6.68. The number of nitrogens with zero attached hydrogens (tertiary/aromatic N) is 1. The minimum atomic E-state index is -1.47. The Morgan fingerprint density at radius 2 is 1.57 bits per heavy atom. The maximum atomic E-state index is 13.9. The van der Waals surface area contributed by atoms with E-state index in [-0.39, 0.29) is 23.6 Å². The monoisotopic (exact) mass is 550 g/mol. The van der Waals surface area contributed by atoms with Crippen molar-refractivity contribution in [3.63, 3.8) is 0 Å². The van der Waals surface area contributed by atoms with Crippen molar-refractivity contribution in [3.05, 3.63) is 83.4 Å². The van der Waals surface area contributed by atoms with Crippen molar-refractivity contribution in [1.29, 1.82) is 0 Å². The van der Waals surface area contributed by atoms with Crippen molar-refractivity contribution in [3.8, 4) is 17.2 Å². The number of amides is 2. The largest absolute Gasteiger partial charge is 0.490 e. The summed E-state index contributed by atoms with van der Waals surface area (Å²) in [6.07, 6.45) is 0.896. The topological polar surface area (TPSA) is 170 Å². The number of aromatic nitrogens is 1. The van der Waals surface area contributed by atoms with Crippen LogP contribution in [-0.4, -0.2) is 45.8 Å². The van der Waals surface area contributed by atoms with E-state index >= 15 is 0 Å². The van der Waals surface area contributed by atoms with Crippen molar-refractivity contribution < 1.29 is 38.1 Å². The van der Waals surface area contributed by atoms with Gasteiger partial charge in [-0.3, -0.25) is 19.8 Å². The number of ether oxygens (including phenoxy) is 2. The summed E-state index contributed by atoms with van der Waals surface area (Å²) in [5.41, 5.74) is 2.56. The Labute approximate surface area is 228 Å². The molecular weight excluding hydrogens is 523 g/mol. The number of halogens is 1. The molecule has 208 valence electrons. The second-order valence-electron chi connectivity index (χ2n) is 9.77. The lowest BCUT2D eigenvalue weighted by Gasteiger charge is -2.35. The average molecular weight is 551 g/mol. The van der Waals surface area contributed by atoms with Crippen LogP contribution in [0.5, 0.6) is 17.2 Å². The second-order valence-corrected chi connectivity index (χ2v) is 9.77. The lowest BCUT2D eigenvalue weighted by molar-refractivity contribution is -0.135. The molecule has 3 aromatic rings. The Bertz CT molecular complexity index is 1440. The summed E-state index contributed by atoms with van der Waals surface area (Å²) < 4.78 is 25.4. The molecule has 2 amide bonds. The van der Waals surface area contributed by atoms with E-state index in [1.165, 1.54) is 0 Å². The second kappa shape index (κ2) is 11.5. The van der Waals surface area contributed by atoms with Gasteiger partial charge in [-0.1, -0.05) is 38.1 Å². The highest BCUT2D eigenvalue weighted by molar-refractivity contribution is 6.66. The molecule has 0 spiro atoms. The number of hydrogen-bond acceptors (Lipinski definition) is 8. The van der Waals surface area contributed by atoms with Crippen LogP contribution in [0.2, 0.25) is 0 Å². The molecule has 0 radical (unpaired) electrons. The lowest BCUT2D eigenvalue weighted by atomic mass is 9.78. The molecule has 1 fully saturated rings. The minimum absolute atomic E-state index is 0.0386. The molecule has 11 nitrogen and oxygen atoms in total. The first-order valence-corrected chi connectivity index (χ1v) is 12.3. The highest BCUT2D eigenvalue weighted by Crippen LogP contribution is 2.35. The predicted molar refractivity (Wildman–Crippen MR) is 140 cm³/mol. The molecule has 0 saturated heterocycles. The number of pyridine rings is 1. The van der Waals surface area contributed by atoms with Crippen molar-refractivity contribution in [2.24, 2.45) is 5.84 Å². The van der Waals surface area contributed by atoms with Gasteiger partial charge in [0.25, 0.3) is 11.6 Å². The number of ketones is 2. The van der Waals surface area contributed by atoms with Gasteiger partial charge in [0.15, 0.2) is 11.4 Å². The van der Waals surface area contributed by atoms with Crippen molar-refractivity contribution in [2.45, 2.75) is 44.2 Å². The maximum absolute atomic E-state index is 13.9. The summed E-state index contributed by atoms with van der Waals surface area (Å²) >= 11 is 0. The zero-order valence-electron chi connectivity index (χ0n) is 21.6. The molecular formula is C28H27FN4O7. The van der Waals surface area contributed by atoms with Gasteiger partial charge in [-0.15, -0.1) is 0 Å². The number of benzene rings is 2. The summed E-state index contributed by atoms with van der Waals surface area (Å²) in [4.78, 5) is 50.1. The van der Waals surface area contributed by atoms with E-state index in [4.69, 9.17) is 20.4 Å². The van der Waals surface area contributed by atoms with Gasteiger partial charge < -0.3 is 19.9 Å². The Morgan fingerprint density at radius 3 is 2.12 bits per heavy atom. The van der Waals surface area contributed by atoms with Crippen LogP contribution in [0.1, 0.15) is 48.3 Å². The van der Waals surface area contributed by atoms with Crippen LogP contribution in [0.15, 0.2) is 60.8 Å². The molecule has 0 unspecified atom stereocenters. The lowest BCUT2D eigenvalue weighted by Crippen LogP contribution is -2.48. The van der Waals surface area contributed by atoms with Gasteiger partial charge in [-0.2, -0.15) is 0 Å². The third kappa shape index (κ3) is 6.24. The smallest absolute Gasteiger partial charge is 0.404 e. The summed E-state index contributed by atoms with van der Waals surface area (Å²) in [5, 5.41) is 11.2. The Balaban J connectivity index is 1.44. The van der Waals surface area contributed by atoms with Crippen LogP contribution in [-0.2, 0) is 15.0 Å². The predicted octanol–water partition coefficient (Wildman–Crippen LogP) is 3.26. The molecule has 0 aliphatic heterocycles. The average Bonchev–Trinajstić information content (AvgIpc) is 2.91. The molecule has 1 aromatic heterocycles. The number of hydrazine groups is 1. The zero-order valence-corrected chi connectivity index (χ0v) is 21.6. The fourth-order valence-corrected chi connectivity index (χ4v) is 4.28. The van der Waals surface area contributed by atoms with Crippen LogP contribution in [0, 0.1) is 5.82 Å². The van der Waals surface area contributed by atoms with Crippen LogP contribution in [0.3, 0.4) is 0 Å². The summed E-state index contributed by atoms with van der Waals surface area (Å²) in [5.74, 6) is 0.618.